The molecular weight excluding hydrogens is 440 g/mol. The fourth-order valence-electron chi connectivity index (χ4n) is 3.84. The lowest BCUT2D eigenvalue weighted by Crippen LogP contribution is -2.51. The van der Waals surface area contributed by atoms with Gasteiger partial charge in [0.2, 0.25) is 15.9 Å². The smallest absolute Gasteiger partial charge is 0.243 e. The number of benzene rings is 3. The highest BCUT2D eigenvalue weighted by molar-refractivity contribution is 7.89. The molecule has 0 aromatic heterocycles. The van der Waals surface area contributed by atoms with Crippen molar-refractivity contribution in [3.8, 4) is 17.2 Å². The molecule has 0 spiro atoms. The Labute approximate surface area is 194 Å². The number of nitrogens with zero attached hydrogens (tertiary/aromatic N) is 1. The highest BCUT2D eigenvalue weighted by Crippen LogP contribution is 2.32. The van der Waals surface area contributed by atoms with Crippen molar-refractivity contribution in [2.45, 2.75) is 25.9 Å². The van der Waals surface area contributed by atoms with Crippen molar-refractivity contribution in [3.05, 3.63) is 83.9 Å². The second-order valence-corrected chi connectivity index (χ2v) is 9.91. The molecule has 1 N–H and O–H groups in total. The lowest BCUT2D eigenvalue weighted by Gasteiger charge is -2.34. The van der Waals surface area contributed by atoms with E-state index in [0.29, 0.717) is 29.4 Å². The number of methoxy groups -OCH3 is 1. The number of carbonyl (C=O) groups is 1. The topological polar surface area (TPSA) is 84.9 Å². The zero-order valence-corrected chi connectivity index (χ0v) is 19.3. The lowest BCUT2D eigenvalue weighted by molar-refractivity contribution is -0.120. The molecule has 7 nitrogen and oxygen atoms in total. The minimum Gasteiger partial charge on any atom is -0.493 e. The van der Waals surface area contributed by atoms with Crippen LogP contribution < -0.4 is 14.8 Å². The van der Waals surface area contributed by atoms with Gasteiger partial charge in [-0.05, 0) is 60.9 Å². The van der Waals surface area contributed by atoms with E-state index in [9.17, 15) is 13.2 Å². The molecule has 1 atom stereocenters. The van der Waals surface area contributed by atoms with Gasteiger partial charge in [0.15, 0.2) is 11.5 Å². The fourth-order valence-corrected chi connectivity index (χ4v) is 5.07. The van der Waals surface area contributed by atoms with Crippen LogP contribution in [0.2, 0.25) is 0 Å². The van der Waals surface area contributed by atoms with E-state index in [2.05, 4.69) is 5.32 Å². The monoisotopic (exact) mass is 466 g/mol. The first-order chi connectivity index (χ1) is 15.9. The highest BCUT2D eigenvalue weighted by Gasteiger charge is 2.37. The van der Waals surface area contributed by atoms with Gasteiger partial charge in [0.25, 0.3) is 0 Å². The van der Waals surface area contributed by atoms with E-state index in [4.69, 9.17) is 9.47 Å². The molecule has 0 aliphatic carbocycles. The maximum Gasteiger partial charge on any atom is 0.243 e. The Balaban J connectivity index is 1.50. The van der Waals surface area contributed by atoms with Gasteiger partial charge in [-0.1, -0.05) is 36.4 Å². The van der Waals surface area contributed by atoms with Gasteiger partial charge in [-0.3, -0.25) is 4.79 Å². The van der Waals surface area contributed by atoms with Gasteiger partial charge in [0, 0.05) is 12.2 Å². The molecule has 0 saturated heterocycles. The van der Waals surface area contributed by atoms with E-state index in [1.54, 1.807) is 44.4 Å². The number of fused-ring (bicyclic) bond motifs is 1. The molecule has 0 fully saturated rings. The van der Waals surface area contributed by atoms with E-state index in [0.717, 1.165) is 11.1 Å². The largest absolute Gasteiger partial charge is 0.493 e. The van der Waals surface area contributed by atoms with Crippen LogP contribution in [0.4, 0.5) is 5.69 Å². The summed E-state index contributed by atoms with van der Waals surface area (Å²) in [6.45, 7) is 1.78. The molecule has 0 bridgehead atoms. The standard InChI is InChI=1S/C25H26N2O5S/c1-3-33(29,30)27-17-19-9-5-4-8-18(19)16-22(27)25(28)26-20-12-14-21(15-13-20)32-24-11-7-6-10-23(24)31-2/h4-15,22H,3,16-17H2,1-2H3,(H,26,28). The second kappa shape index (κ2) is 9.64. The van der Waals surface area contributed by atoms with Crippen LogP contribution in [-0.2, 0) is 27.8 Å². The van der Waals surface area contributed by atoms with Crippen molar-refractivity contribution in [2.75, 3.05) is 18.2 Å². The molecule has 8 heteroatoms. The Kier molecular flexibility index (Phi) is 6.67. The van der Waals surface area contributed by atoms with E-state index >= 15 is 0 Å². The number of hydrogen-bond donors (Lipinski definition) is 1. The predicted octanol–water partition coefficient (Wildman–Crippen LogP) is 4.20. The summed E-state index contributed by atoms with van der Waals surface area (Å²) in [6, 6.07) is 21.0. The van der Waals surface area contributed by atoms with Crippen molar-refractivity contribution in [3.63, 3.8) is 0 Å². The van der Waals surface area contributed by atoms with E-state index in [-0.39, 0.29) is 18.2 Å². The van der Waals surface area contributed by atoms with Crippen molar-refractivity contribution in [1.29, 1.82) is 0 Å². The number of sulfonamides is 1. The van der Waals surface area contributed by atoms with Crippen molar-refractivity contribution in [1.82, 2.24) is 4.31 Å². The first-order valence-corrected chi connectivity index (χ1v) is 12.3. The van der Waals surface area contributed by atoms with Crippen LogP contribution in [0.1, 0.15) is 18.1 Å². The molecular formula is C25H26N2O5S. The average Bonchev–Trinajstić information content (AvgIpc) is 2.84. The number of carbonyl (C=O) groups excluding carboxylic acids is 1. The summed E-state index contributed by atoms with van der Waals surface area (Å²) < 4.78 is 37.9. The Morgan fingerprint density at radius 1 is 0.970 bits per heavy atom. The van der Waals surface area contributed by atoms with Crippen LogP contribution in [-0.4, -0.2) is 37.5 Å². The van der Waals surface area contributed by atoms with Gasteiger partial charge in [-0.15, -0.1) is 0 Å². The molecule has 4 rings (SSSR count). The maximum atomic E-state index is 13.1. The van der Waals surface area contributed by atoms with Gasteiger partial charge < -0.3 is 14.8 Å². The molecule has 1 heterocycles. The van der Waals surface area contributed by atoms with Crippen LogP contribution in [0, 0.1) is 0 Å². The number of para-hydroxylation sites is 2. The number of ether oxygens (including phenoxy) is 2. The second-order valence-electron chi connectivity index (χ2n) is 7.70. The third-order valence-electron chi connectivity index (χ3n) is 5.65. The zero-order chi connectivity index (χ0) is 23.4. The Bertz CT molecular complexity index is 1240. The summed E-state index contributed by atoms with van der Waals surface area (Å²) in [4.78, 5) is 13.1. The molecule has 1 amide bonds. The van der Waals surface area contributed by atoms with Gasteiger partial charge in [0.1, 0.15) is 11.8 Å². The summed E-state index contributed by atoms with van der Waals surface area (Å²) in [7, 11) is -1.98. The number of anilines is 1. The fraction of sp³-hybridized carbons (Fsp3) is 0.240. The van der Waals surface area contributed by atoms with E-state index in [1.165, 1.54) is 4.31 Å². The van der Waals surface area contributed by atoms with Crippen LogP contribution >= 0.6 is 0 Å². The summed E-state index contributed by atoms with van der Waals surface area (Å²) >= 11 is 0. The van der Waals surface area contributed by atoms with Gasteiger partial charge in [-0.2, -0.15) is 4.31 Å². The molecule has 0 saturated carbocycles. The predicted molar refractivity (Wildman–Crippen MR) is 127 cm³/mol. The quantitative estimate of drug-likeness (QED) is 0.564. The third kappa shape index (κ3) is 5.02. The van der Waals surface area contributed by atoms with E-state index in [1.807, 2.05) is 42.5 Å². The summed E-state index contributed by atoms with van der Waals surface area (Å²) in [5.41, 5.74) is 2.47. The summed E-state index contributed by atoms with van der Waals surface area (Å²) in [5, 5.41) is 2.86. The molecule has 3 aromatic carbocycles. The van der Waals surface area contributed by atoms with Gasteiger partial charge >= 0.3 is 0 Å². The van der Waals surface area contributed by atoms with Crippen LogP contribution in [0.25, 0.3) is 0 Å². The average molecular weight is 467 g/mol. The van der Waals surface area contributed by atoms with Crippen LogP contribution in [0.3, 0.4) is 0 Å². The minimum atomic E-state index is -3.56. The normalized spacial score (nSPS) is 16.0. The molecule has 33 heavy (non-hydrogen) atoms. The Morgan fingerprint density at radius 2 is 1.61 bits per heavy atom. The van der Waals surface area contributed by atoms with Crippen molar-refractivity contribution >= 4 is 21.6 Å². The third-order valence-corrected chi connectivity index (χ3v) is 7.48. The number of rotatable bonds is 7. The first-order valence-electron chi connectivity index (χ1n) is 10.7. The molecule has 1 aliphatic heterocycles. The lowest BCUT2D eigenvalue weighted by atomic mass is 9.95. The molecule has 3 aromatic rings. The molecule has 172 valence electrons. The van der Waals surface area contributed by atoms with Crippen LogP contribution in [0.15, 0.2) is 72.8 Å². The Morgan fingerprint density at radius 3 is 2.27 bits per heavy atom. The minimum absolute atomic E-state index is 0.0616. The summed E-state index contributed by atoms with van der Waals surface area (Å²) in [5.74, 6) is 1.36. The summed E-state index contributed by atoms with van der Waals surface area (Å²) in [6.07, 6.45) is 0.330. The SMILES string of the molecule is CCS(=O)(=O)N1Cc2ccccc2CC1C(=O)Nc1ccc(Oc2ccccc2OC)cc1. The molecule has 1 aliphatic rings. The molecule has 0 radical (unpaired) electrons. The van der Waals surface area contributed by atoms with Gasteiger partial charge in [0.05, 0.1) is 12.9 Å². The first kappa shape index (κ1) is 22.8. The number of nitrogens with one attached hydrogen (secondary N) is 1. The van der Waals surface area contributed by atoms with Crippen molar-refractivity contribution < 1.29 is 22.7 Å². The maximum absolute atomic E-state index is 13.1. The number of hydrogen-bond acceptors (Lipinski definition) is 5. The molecule has 1 unspecified atom stereocenters. The highest BCUT2D eigenvalue weighted by atomic mass is 32.2. The van der Waals surface area contributed by atoms with Crippen LogP contribution in [0.5, 0.6) is 17.2 Å². The van der Waals surface area contributed by atoms with Gasteiger partial charge in [-0.25, -0.2) is 8.42 Å². The van der Waals surface area contributed by atoms with E-state index < -0.39 is 16.1 Å². The number of amides is 1. The zero-order valence-electron chi connectivity index (χ0n) is 18.5. The van der Waals surface area contributed by atoms with Crippen molar-refractivity contribution in [2.24, 2.45) is 0 Å². The Hall–Kier alpha value is -3.36.